The van der Waals surface area contributed by atoms with E-state index in [-0.39, 0.29) is 0 Å². The molecule has 0 aliphatic heterocycles. The summed E-state index contributed by atoms with van der Waals surface area (Å²) < 4.78 is 23.3. The van der Waals surface area contributed by atoms with E-state index in [9.17, 15) is 4.21 Å². The Morgan fingerprint density at radius 1 is 0.742 bits per heavy atom. The van der Waals surface area contributed by atoms with E-state index in [1.165, 1.54) is 27.2 Å². The first-order chi connectivity index (χ1) is 15.0. The second-order valence-corrected chi connectivity index (χ2v) is 9.62. The van der Waals surface area contributed by atoms with Crippen LogP contribution in [-0.2, 0) is 9.73 Å². The summed E-state index contributed by atoms with van der Waals surface area (Å²) in [7, 11) is -2.97. The van der Waals surface area contributed by atoms with Crippen LogP contribution < -0.4 is 0 Å². The maximum Gasteiger partial charge on any atom is 0.0943 e. The first-order valence-electron chi connectivity index (χ1n) is 10.2. The number of hydrogen-bond donors (Lipinski definition) is 1. The highest BCUT2D eigenvalue weighted by Crippen LogP contribution is 2.31. The Morgan fingerprint density at radius 3 is 1.87 bits per heavy atom. The van der Waals surface area contributed by atoms with Crippen LogP contribution in [0.2, 0.25) is 0 Å². The van der Waals surface area contributed by atoms with Crippen LogP contribution in [-0.4, -0.2) is 8.78 Å². The number of aryl methyl sites for hydroxylation is 1. The zero-order chi connectivity index (χ0) is 21.4. The minimum absolute atomic E-state index is 0.524. The lowest BCUT2D eigenvalue weighted by atomic mass is 10.2. The summed E-state index contributed by atoms with van der Waals surface area (Å²) in [5.74, 6) is 0. The van der Waals surface area contributed by atoms with Gasteiger partial charge in [-0.05, 0) is 55.0 Å². The van der Waals surface area contributed by atoms with E-state index in [0.29, 0.717) is 4.90 Å². The van der Waals surface area contributed by atoms with Gasteiger partial charge >= 0.3 is 0 Å². The molecule has 31 heavy (non-hydrogen) atoms. The third-order valence-electron chi connectivity index (χ3n) is 5.55. The molecule has 0 aliphatic carbocycles. The summed E-state index contributed by atoms with van der Waals surface area (Å²) >= 11 is 0. The number of fused-ring (bicyclic) bond motifs is 3. The molecule has 0 saturated heterocycles. The molecular formula is C27H22N2OS. The molecule has 1 atom stereocenters. The smallest absolute Gasteiger partial charge is 0.0943 e. The Kier molecular flexibility index (Phi) is 4.72. The molecule has 1 heterocycles. The number of hydrogen-bond acceptors (Lipinski definition) is 2. The van der Waals surface area contributed by atoms with Crippen molar-refractivity contribution < 1.29 is 4.21 Å². The zero-order valence-corrected chi connectivity index (χ0v) is 18.0. The van der Waals surface area contributed by atoms with Crippen molar-refractivity contribution in [2.75, 3.05) is 0 Å². The maximum atomic E-state index is 12.8. The van der Waals surface area contributed by atoms with Crippen LogP contribution in [0.4, 0.5) is 0 Å². The van der Waals surface area contributed by atoms with Crippen molar-refractivity contribution in [3.05, 3.63) is 114 Å². The van der Waals surface area contributed by atoms with E-state index in [2.05, 4.69) is 65.2 Å². The quantitative estimate of drug-likeness (QED) is 0.328. The van der Waals surface area contributed by atoms with E-state index in [1.54, 1.807) is 18.2 Å². The number of nitrogens with one attached hydrogen (secondary N) is 1. The van der Waals surface area contributed by atoms with Crippen molar-refractivity contribution in [1.29, 1.82) is 4.78 Å². The second kappa shape index (κ2) is 7.56. The number of rotatable bonds is 4. The van der Waals surface area contributed by atoms with Gasteiger partial charge in [0.1, 0.15) is 0 Å². The second-order valence-electron chi connectivity index (χ2n) is 7.68. The van der Waals surface area contributed by atoms with Crippen molar-refractivity contribution in [2.24, 2.45) is 0 Å². The average molecular weight is 423 g/mol. The first-order valence-corrected chi connectivity index (χ1v) is 11.8. The minimum atomic E-state index is -2.97. The molecule has 0 aliphatic rings. The largest absolute Gasteiger partial charge is 0.309 e. The highest BCUT2D eigenvalue weighted by molar-refractivity contribution is 7.95. The normalized spacial score (nSPS) is 13.7. The Morgan fingerprint density at radius 2 is 1.29 bits per heavy atom. The van der Waals surface area contributed by atoms with Gasteiger partial charge in [-0.2, -0.15) is 0 Å². The molecule has 5 rings (SSSR count). The van der Waals surface area contributed by atoms with Gasteiger partial charge in [0.15, 0.2) is 0 Å². The predicted octanol–water partition coefficient (Wildman–Crippen LogP) is 7.17. The van der Waals surface area contributed by atoms with E-state index >= 15 is 0 Å². The molecule has 0 amide bonds. The molecule has 152 valence electrons. The lowest BCUT2D eigenvalue weighted by Gasteiger charge is -2.08. The van der Waals surface area contributed by atoms with Gasteiger partial charge in [-0.15, -0.1) is 0 Å². The van der Waals surface area contributed by atoms with E-state index in [4.69, 9.17) is 4.78 Å². The molecule has 0 saturated carbocycles. The monoisotopic (exact) mass is 422 g/mol. The fourth-order valence-corrected chi connectivity index (χ4v) is 4.97. The van der Waals surface area contributed by atoms with Gasteiger partial charge in [0.05, 0.1) is 25.7 Å². The summed E-state index contributed by atoms with van der Waals surface area (Å²) in [6.07, 6.45) is 1.77. The van der Waals surface area contributed by atoms with Crippen LogP contribution in [0.25, 0.3) is 33.6 Å². The standard InChI is InChI=1S/C27H22N2OS/c1-20-10-16-23(17-11-20)31(28,30)19-18-21-12-14-22(15-13-21)29-26-8-4-2-6-24(26)25-7-3-5-9-27(25)29/h2-19,28H,1H3/b19-18+. The zero-order valence-electron chi connectivity index (χ0n) is 17.2. The van der Waals surface area contributed by atoms with Crippen LogP contribution in [0.1, 0.15) is 11.1 Å². The molecule has 1 unspecified atom stereocenters. The lowest BCUT2D eigenvalue weighted by Crippen LogP contribution is -1.94. The summed E-state index contributed by atoms with van der Waals surface area (Å²) in [4.78, 5) is 0.524. The van der Waals surface area contributed by atoms with E-state index in [0.717, 1.165) is 16.8 Å². The van der Waals surface area contributed by atoms with Gasteiger partial charge in [-0.1, -0.05) is 66.2 Å². The van der Waals surface area contributed by atoms with Crippen LogP contribution in [0.15, 0.2) is 107 Å². The number of benzene rings is 4. The Labute approximate surface area is 182 Å². The van der Waals surface area contributed by atoms with Crippen molar-refractivity contribution >= 4 is 37.6 Å². The highest BCUT2D eigenvalue weighted by atomic mass is 32.2. The number of aromatic nitrogens is 1. The van der Waals surface area contributed by atoms with E-state index < -0.39 is 9.73 Å². The van der Waals surface area contributed by atoms with Crippen molar-refractivity contribution in [1.82, 2.24) is 4.57 Å². The van der Waals surface area contributed by atoms with Gasteiger partial charge < -0.3 is 4.57 Å². The van der Waals surface area contributed by atoms with Gasteiger partial charge in [0, 0.05) is 21.9 Å². The molecule has 3 nitrogen and oxygen atoms in total. The summed E-state index contributed by atoms with van der Waals surface area (Å²) in [6, 6.07) is 32.3. The maximum absolute atomic E-state index is 12.8. The molecule has 4 aromatic carbocycles. The molecule has 1 aromatic heterocycles. The molecule has 0 fully saturated rings. The topological polar surface area (TPSA) is 45.9 Å². The van der Waals surface area contributed by atoms with Crippen LogP contribution in [0.5, 0.6) is 0 Å². The minimum Gasteiger partial charge on any atom is -0.309 e. The summed E-state index contributed by atoms with van der Waals surface area (Å²) in [5, 5.41) is 3.95. The van der Waals surface area contributed by atoms with Crippen LogP contribution in [0, 0.1) is 11.7 Å². The molecule has 5 aromatic rings. The van der Waals surface area contributed by atoms with Gasteiger partial charge in [0.25, 0.3) is 0 Å². The molecule has 0 bridgehead atoms. The highest BCUT2D eigenvalue weighted by Gasteiger charge is 2.11. The van der Waals surface area contributed by atoms with Gasteiger partial charge in [0.2, 0.25) is 0 Å². The molecule has 1 N–H and O–H groups in total. The SMILES string of the molecule is Cc1ccc(S(=N)(=O)/C=C/c2ccc(-n3c4ccccc4c4ccccc43)cc2)cc1. The summed E-state index contributed by atoms with van der Waals surface area (Å²) in [5.41, 5.74) is 5.40. The van der Waals surface area contributed by atoms with Gasteiger partial charge in [-0.25, -0.2) is 8.99 Å². The molecule has 0 radical (unpaired) electrons. The third kappa shape index (κ3) is 3.56. The van der Waals surface area contributed by atoms with Crippen molar-refractivity contribution in [2.45, 2.75) is 11.8 Å². The van der Waals surface area contributed by atoms with E-state index in [1.807, 2.05) is 31.2 Å². The first kappa shape index (κ1) is 19.3. The average Bonchev–Trinajstić information content (AvgIpc) is 3.13. The lowest BCUT2D eigenvalue weighted by molar-refractivity contribution is 0.681. The number of para-hydroxylation sites is 2. The molecule has 0 spiro atoms. The fraction of sp³-hybridized carbons (Fsp3) is 0.0370. The van der Waals surface area contributed by atoms with Crippen molar-refractivity contribution in [3.8, 4) is 5.69 Å². The predicted molar refractivity (Wildman–Crippen MR) is 130 cm³/mol. The van der Waals surface area contributed by atoms with Crippen LogP contribution >= 0.6 is 0 Å². The van der Waals surface area contributed by atoms with Crippen LogP contribution in [0.3, 0.4) is 0 Å². The molecular weight excluding hydrogens is 400 g/mol. The summed E-state index contributed by atoms with van der Waals surface area (Å²) in [6.45, 7) is 1.98. The van der Waals surface area contributed by atoms with Crippen molar-refractivity contribution in [3.63, 3.8) is 0 Å². The van der Waals surface area contributed by atoms with Gasteiger partial charge in [-0.3, -0.25) is 0 Å². The fourth-order valence-electron chi connectivity index (χ4n) is 3.93. The Balaban J connectivity index is 1.51. The third-order valence-corrected chi connectivity index (χ3v) is 7.05. The molecule has 4 heteroatoms. The Bertz CT molecular complexity index is 1470. The number of nitrogens with zero attached hydrogens (tertiary/aromatic N) is 1. The Hall–Kier alpha value is -3.63.